The molecule has 0 fully saturated rings. The number of ketones is 1. The van der Waals surface area contributed by atoms with Gasteiger partial charge in [-0.3, -0.25) is 4.79 Å². The van der Waals surface area contributed by atoms with Crippen LogP contribution in [0, 0.1) is 0 Å². The van der Waals surface area contributed by atoms with Crippen LogP contribution in [0.1, 0.15) is 45.2 Å². The molecule has 138 valence electrons. The Labute approximate surface area is 153 Å². The summed E-state index contributed by atoms with van der Waals surface area (Å²) >= 11 is 0. The fraction of sp³-hybridized carbons (Fsp3) is 0.421. The third-order valence-corrected chi connectivity index (χ3v) is 4.43. The molecular weight excluding hydrogens is 332 g/mol. The number of hydrogen-bond donors (Lipinski definition) is 1. The van der Waals surface area contributed by atoms with Crippen molar-refractivity contribution < 1.29 is 14.3 Å². The number of rotatable bonds is 7. The molecule has 0 saturated heterocycles. The van der Waals surface area contributed by atoms with Gasteiger partial charge >= 0.3 is 0 Å². The van der Waals surface area contributed by atoms with Crippen molar-refractivity contribution in [2.24, 2.45) is 0 Å². The second kappa shape index (κ2) is 7.59. The van der Waals surface area contributed by atoms with Gasteiger partial charge in [0, 0.05) is 11.3 Å². The van der Waals surface area contributed by atoms with Gasteiger partial charge in [0.15, 0.2) is 17.3 Å². The molecule has 0 aliphatic carbocycles. The zero-order chi connectivity index (χ0) is 18.7. The fourth-order valence-corrected chi connectivity index (χ4v) is 3.16. The van der Waals surface area contributed by atoms with Gasteiger partial charge in [-0.1, -0.05) is 19.4 Å². The number of anilines is 1. The molecule has 0 bridgehead atoms. The maximum Gasteiger partial charge on any atom is 0.226 e. The molecule has 7 nitrogen and oxygen atoms in total. The summed E-state index contributed by atoms with van der Waals surface area (Å²) in [5, 5.41) is 7.44. The van der Waals surface area contributed by atoms with Crippen molar-refractivity contribution in [3.05, 3.63) is 41.4 Å². The summed E-state index contributed by atoms with van der Waals surface area (Å²) in [6.45, 7) is 6.20. The molecule has 1 N–H and O–H groups in total. The number of ether oxygens (including phenoxy) is 2. The Morgan fingerprint density at radius 1 is 1.35 bits per heavy atom. The summed E-state index contributed by atoms with van der Waals surface area (Å²) < 4.78 is 13.0. The summed E-state index contributed by atoms with van der Waals surface area (Å²) in [6, 6.07) is 5.38. The van der Waals surface area contributed by atoms with Crippen molar-refractivity contribution >= 4 is 11.7 Å². The van der Waals surface area contributed by atoms with Crippen molar-refractivity contribution in [1.82, 2.24) is 14.8 Å². The van der Waals surface area contributed by atoms with E-state index >= 15 is 0 Å². The van der Waals surface area contributed by atoms with Crippen LogP contribution in [0.15, 0.2) is 35.8 Å². The van der Waals surface area contributed by atoms with E-state index in [1.54, 1.807) is 18.7 Å². The zero-order valence-corrected chi connectivity index (χ0v) is 15.6. The number of aromatic nitrogens is 3. The summed E-state index contributed by atoms with van der Waals surface area (Å²) in [5.74, 6) is 1.94. The van der Waals surface area contributed by atoms with Gasteiger partial charge < -0.3 is 14.8 Å². The minimum atomic E-state index is -0.357. The number of unbranched alkanes of at least 4 members (excludes halogenated alkanes) is 1. The topological polar surface area (TPSA) is 78.3 Å². The number of nitrogens with zero attached hydrogens (tertiary/aromatic N) is 3. The monoisotopic (exact) mass is 356 g/mol. The van der Waals surface area contributed by atoms with Crippen LogP contribution in [-0.4, -0.2) is 34.3 Å². The van der Waals surface area contributed by atoms with Crippen LogP contribution in [0.2, 0.25) is 0 Å². The Morgan fingerprint density at radius 3 is 2.85 bits per heavy atom. The van der Waals surface area contributed by atoms with E-state index in [0.29, 0.717) is 29.6 Å². The molecule has 0 saturated carbocycles. The molecule has 1 aliphatic rings. The number of allylic oxidation sites excluding steroid dienone is 2. The molecule has 0 unspecified atom stereocenters. The Hall–Kier alpha value is -2.83. The van der Waals surface area contributed by atoms with Crippen molar-refractivity contribution in [3.63, 3.8) is 0 Å². The smallest absolute Gasteiger partial charge is 0.226 e. The van der Waals surface area contributed by atoms with E-state index in [4.69, 9.17) is 9.47 Å². The zero-order valence-electron chi connectivity index (χ0n) is 15.6. The predicted molar refractivity (Wildman–Crippen MR) is 98.6 cm³/mol. The van der Waals surface area contributed by atoms with Gasteiger partial charge in [0.2, 0.25) is 5.95 Å². The highest BCUT2D eigenvalue weighted by Crippen LogP contribution is 2.38. The lowest BCUT2D eigenvalue weighted by atomic mass is 9.93. The van der Waals surface area contributed by atoms with Crippen LogP contribution >= 0.6 is 0 Å². The quantitative estimate of drug-likeness (QED) is 0.767. The number of carbonyl (C=O) groups is 1. The molecule has 1 atom stereocenters. The highest BCUT2D eigenvalue weighted by Gasteiger charge is 2.32. The van der Waals surface area contributed by atoms with E-state index < -0.39 is 0 Å². The van der Waals surface area contributed by atoms with E-state index in [9.17, 15) is 4.79 Å². The largest absolute Gasteiger partial charge is 0.493 e. The molecule has 1 aliphatic heterocycles. The summed E-state index contributed by atoms with van der Waals surface area (Å²) in [4.78, 5) is 16.5. The van der Waals surface area contributed by atoms with Crippen molar-refractivity contribution in [3.8, 4) is 11.5 Å². The number of nitrogens with one attached hydrogen (secondary N) is 1. The lowest BCUT2D eigenvalue weighted by molar-refractivity contribution is -0.114. The molecule has 0 spiro atoms. The van der Waals surface area contributed by atoms with Crippen LogP contribution in [0.25, 0.3) is 0 Å². The highest BCUT2D eigenvalue weighted by atomic mass is 16.5. The lowest BCUT2D eigenvalue weighted by Crippen LogP contribution is -2.27. The molecule has 7 heteroatoms. The van der Waals surface area contributed by atoms with Crippen molar-refractivity contribution in [2.45, 2.75) is 39.7 Å². The van der Waals surface area contributed by atoms with Gasteiger partial charge in [0.25, 0.3) is 0 Å². The summed E-state index contributed by atoms with van der Waals surface area (Å²) in [5.41, 5.74) is 2.33. The average Bonchev–Trinajstić information content (AvgIpc) is 3.08. The predicted octanol–water partition coefficient (Wildman–Crippen LogP) is 3.34. The first-order valence-electron chi connectivity index (χ1n) is 8.75. The first-order valence-corrected chi connectivity index (χ1v) is 8.75. The third-order valence-electron chi connectivity index (χ3n) is 4.43. The van der Waals surface area contributed by atoms with Crippen LogP contribution in [0.4, 0.5) is 5.95 Å². The van der Waals surface area contributed by atoms with Gasteiger partial charge in [-0.2, -0.15) is 10.1 Å². The minimum Gasteiger partial charge on any atom is -0.493 e. The van der Waals surface area contributed by atoms with E-state index in [0.717, 1.165) is 24.1 Å². The standard InChI is InChI=1S/C19H24N4O3/c1-5-6-9-26-15-8-7-14(10-16(15)25-4)18-17(13(3)24)12(2)22-19-20-11-21-23(18)19/h7-8,10-11,18H,5-6,9H2,1-4H3,(H,20,21,22)/t18-/m0/s1. The lowest BCUT2D eigenvalue weighted by Gasteiger charge is -2.28. The first-order chi connectivity index (χ1) is 12.6. The maximum absolute atomic E-state index is 12.3. The second-order valence-corrected chi connectivity index (χ2v) is 6.26. The molecule has 1 aromatic carbocycles. The van der Waals surface area contributed by atoms with Gasteiger partial charge in [-0.05, 0) is 38.0 Å². The number of carbonyl (C=O) groups excluding carboxylic acids is 1. The van der Waals surface area contributed by atoms with Gasteiger partial charge in [0.1, 0.15) is 12.4 Å². The van der Waals surface area contributed by atoms with Gasteiger partial charge in [-0.15, -0.1) is 0 Å². The van der Waals surface area contributed by atoms with Crippen LogP contribution < -0.4 is 14.8 Å². The SMILES string of the molecule is CCCCOc1ccc([C@H]2C(C(C)=O)=C(C)Nc3ncnn32)cc1OC. The van der Waals surface area contributed by atoms with Gasteiger partial charge in [-0.25, -0.2) is 4.68 Å². The van der Waals surface area contributed by atoms with Gasteiger partial charge in [0.05, 0.1) is 13.7 Å². The Kier molecular flexibility index (Phi) is 5.25. The fourth-order valence-electron chi connectivity index (χ4n) is 3.16. The number of fused-ring (bicyclic) bond motifs is 1. The van der Waals surface area contributed by atoms with E-state index in [1.165, 1.54) is 6.33 Å². The number of Topliss-reactive ketones (excluding diaryl/α,β-unsaturated/α-hetero) is 1. The molecule has 0 radical (unpaired) electrons. The van der Waals surface area contributed by atoms with Crippen LogP contribution in [-0.2, 0) is 4.79 Å². The Balaban J connectivity index is 2.03. The molecule has 26 heavy (non-hydrogen) atoms. The third kappa shape index (κ3) is 3.29. The summed E-state index contributed by atoms with van der Waals surface area (Å²) in [7, 11) is 1.61. The average molecular weight is 356 g/mol. The molecule has 1 aromatic heterocycles. The molecular formula is C19H24N4O3. The van der Waals surface area contributed by atoms with Crippen molar-refractivity contribution in [1.29, 1.82) is 0 Å². The Bertz CT molecular complexity index is 841. The van der Waals surface area contributed by atoms with Crippen LogP contribution in [0.3, 0.4) is 0 Å². The molecule has 0 amide bonds. The second-order valence-electron chi connectivity index (χ2n) is 6.26. The Morgan fingerprint density at radius 2 is 2.15 bits per heavy atom. The highest BCUT2D eigenvalue weighted by molar-refractivity contribution is 5.96. The first kappa shape index (κ1) is 18.0. The number of benzene rings is 1. The normalized spacial score (nSPS) is 16.1. The number of hydrogen-bond acceptors (Lipinski definition) is 6. The summed E-state index contributed by atoms with van der Waals surface area (Å²) in [6.07, 6.45) is 3.53. The van der Waals surface area contributed by atoms with Crippen LogP contribution in [0.5, 0.6) is 11.5 Å². The van der Waals surface area contributed by atoms with E-state index in [2.05, 4.69) is 22.3 Å². The van der Waals surface area contributed by atoms with E-state index in [1.807, 2.05) is 25.1 Å². The maximum atomic E-state index is 12.3. The molecule has 2 heterocycles. The minimum absolute atomic E-state index is 0.0108. The molecule has 3 rings (SSSR count). The number of methoxy groups -OCH3 is 1. The van der Waals surface area contributed by atoms with Crippen molar-refractivity contribution in [2.75, 3.05) is 19.0 Å². The molecule has 2 aromatic rings. The van der Waals surface area contributed by atoms with E-state index in [-0.39, 0.29) is 11.8 Å².